The van der Waals surface area contributed by atoms with E-state index in [-0.39, 0.29) is 54.1 Å². The van der Waals surface area contributed by atoms with E-state index in [0.717, 1.165) is 57.6 Å². The minimum atomic E-state index is -3.53. The lowest BCUT2D eigenvalue weighted by Crippen LogP contribution is -2.39. The first kappa shape index (κ1) is 56.6. The molecule has 9 rings (SSSR count). The molecule has 3 atom stereocenters. The number of carbonyl (C=O) groups excluding carboxylic acids is 3. The average molecular weight is 1120 g/mol. The monoisotopic (exact) mass is 1120 g/mol. The summed E-state index contributed by atoms with van der Waals surface area (Å²) in [5.41, 5.74) is 9.70. The van der Waals surface area contributed by atoms with Crippen molar-refractivity contribution in [3.05, 3.63) is 130 Å². The molecule has 19 heteroatoms. The first-order chi connectivity index (χ1) is 37.5. The van der Waals surface area contributed by atoms with Crippen LogP contribution < -0.4 is 34.2 Å². The highest BCUT2D eigenvalue weighted by Crippen LogP contribution is 2.43. The minimum Gasteiger partial charge on any atom is -0.493 e. The highest BCUT2D eigenvalue weighted by Gasteiger charge is 2.39. The number of hydrogen-bond acceptors (Lipinski definition) is 16. The number of sulfone groups is 1. The second-order valence-corrected chi connectivity index (χ2v) is 26.0. The van der Waals surface area contributed by atoms with Gasteiger partial charge in [0.25, 0.3) is 11.8 Å². The number of benzene rings is 5. The van der Waals surface area contributed by atoms with Crippen molar-refractivity contribution in [1.29, 1.82) is 0 Å². The third-order valence-electron chi connectivity index (χ3n) is 14.3. The number of para-hydroxylation sites is 2. The SMILES string of the molecule is COCCOCCOCCN(CC(C)(C)SSCCC(C(C)=O)S(C)(=O)=O)c1cc(COc2cc3c(cc2C)C(=O)N2c4ccccc4C[C@H]2C=N3)cc(COc2cc3c(cc2OC)C(=O)N2c4ccccc4C[C@H]2CN3)c1. The van der Waals surface area contributed by atoms with Crippen LogP contribution in [0.4, 0.5) is 28.4 Å². The van der Waals surface area contributed by atoms with E-state index < -0.39 is 15.1 Å². The molecular weight excluding hydrogens is 1050 g/mol. The molecule has 16 nitrogen and oxygen atoms in total. The lowest BCUT2D eigenvalue weighted by Gasteiger charge is -2.34. The van der Waals surface area contributed by atoms with Crippen molar-refractivity contribution in [3.8, 4) is 17.2 Å². The Bertz CT molecular complexity index is 3170. The number of aliphatic imine (C=N–C) groups is 1. The molecule has 0 aliphatic carbocycles. The molecular formula is C59H69N5O11S3. The van der Waals surface area contributed by atoms with E-state index in [1.807, 2.05) is 77.5 Å². The molecule has 0 radical (unpaired) electrons. The van der Waals surface area contributed by atoms with Crippen LogP contribution in [0.3, 0.4) is 0 Å². The third kappa shape index (κ3) is 13.1. The second kappa shape index (κ2) is 24.9. The number of ether oxygens (including phenoxy) is 6. The van der Waals surface area contributed by atoms with Gasteiger partial charge in [0, 0.05) is 85.3 Å². The lowest BCUT2D eigenvalue weighted by atomic mass is 10.1. The summed E-state index contributed by atoms with van der Waals surface area (Å²) in [6.45, 7) is 11.7. The highest BCUT2D eigenvalue weighted by molar-refractivity contribution is 8.77. The molecule has 414 valence electrons. The molecule has 0 saturated carbocycles. The molecule has 1 N–H and O–H groups in total. The van der Waals surface area contributed by atoms with E-state index in [0.29, 0.717) is 105 Å². The number of aryl methyl sites for hydroxylation is 1. The van der Waals surface area contributed by atoms with Gasteiger partial charge in [0.1, 0.15) is 30.0 Å². The van der Waals surface area contributed by atoms with Crippen LogP contribution in [-0.2, 0) is 54.9 Å². The smallest absolute Gasteiger partial charge is 0.261 e. The summed E-state index contributed by atoms with van der Waals surface area (Å²) < 4.78 is 60.6. The van der Waals surface area contributed by atoms with E-state index in [9.17, 15) is 22.8 Å². The van der Waals surface area contributed by atoms with Gasteiger partial charge in [0.15, 0.2) is 21.3 Å². The predicted molar refractivity (Wildman–Crippen MR) is 311 cm³/mol. The zero-order valence-corrected chi connectivity index (χ0v) is 47.8. The molecule has 5 aromatic rings. The quantitative estimate of drug-likeness (QED) is 0.0409. The Morgan fingerprint density at radius 2 is 1.46 bits per heavy atom. The Morgan fingerprint density at radius 3 is 2.15 bits per heavy atom. The largest absolute Gasteiger partial charge is 0.493 e. The van der Waals surface area contributed by atoms with Gasteiger partial charge < -0.3 is 43.5 Å². The first-order valence-electron chi connectivity index (χ1n) is 26.3. The number of ketones is 1. The Labute approximate surface area is 465 Å². The maximum absolute atomic E-state index is 14.3. The van der Waals surface area contributed by atoms with Gasteiger partial charge in [0.05, 0.1) is 74.7 Å². The number of hydrogen-bond donors (Lipinski definition) is 1. The molecule has 4 heterocycles. The Hall–Kier alpha value is -6.09. The van der Waals surface area contributed by atoms with Gasteiger partial charge in [0.2, 0.25) is 0 Å². The number of nitrogens with one attached hydrogen (secondary N) is 1. The van der Waals surface area contributed by atoms with E-state index in [2.05, 4.69) is 54.4 Å². The molecule has 1 unspecified atom stereocenters. The maximum atomic E-state index is 14.3. The molecule has 78 heavy (non-hydrogen) atoms. The van der Waals surface area contributed by atoms with Crippen LogP contribution in [-0.4, -0.2) is 133 Å². The van der Waals surface area contributed by atoms with Crippen molar-refractivity contribution < 1.29 is 51.2 Å². The molecule has 4 aliphatic heterocycles. The summed E-state index contributed by atoms with van der Waals surface area (Å²) in [6, 6.07) is 29.4. The number of fused-ring (bicyclic) bond motifs is 8. The number of nitrogens with zero attached hydrogens (tertiary/aromatic N) is 4. The highest BCUT2D eigenvalue weighted by atomic mass is 33.1. The Morgan fingerprint density at radius 1 is 0.808 bits per heavy atom. The summed E-state index contributed by atoms with van der Waals surface area (Å²) in [5, 5.41) is 2.50. The van der Waals surface area contributed by atoms with Crippen molar-refractivity contribution >= 4 is 83.7 Å². The van der Waals surface area contributed by atoms with E-state index in [1.54, 1.807) is 41.9 Å². The van der Waals surface area contributed by atoms with Gasteiger partial charge >= 0.3 is 0 Å². The summed E-state index contributed by atoms with van der Waals surface area (Å²) in [5.74, 6) is 1.42. The van der Waals surface area contributed by atoms with E-state index in [4.69, 9.17) is 33.4 Å². The average Bonchev–Trinajstić information content (AvgIpc) is 3.92. The van der Waals surface area contributed by atoms with Gasteiger partial charge in [-0.25, -0.2) is 8.42 Å². The van der Waals surface area contributed by atoms with Crippen LogP contribution in [0.5, 0.6) is 17.2 Å². The molecule has 0 aromatic heterocycles. The summed E-state index contributed by atoms with van der Waals surface area (Å²) in [7, 11) is 2.86. The maximum Gasteiger partial charge on any atom is 0.261 e. The molecule has 5 aromatic carbocycles. The topological polar surface area (TPSA) is 175 Å². The number of carbonyl (C=O) groups is 3. The van der Waals surface area contributed by atoms with Crippen molar-refractivity contribution in [2.45, 2.75) is 82.3 Å². The van der Waals surface area contributed by atoms with Crippen molar-refractivity contribution in [2.75, 3.05) is 98.9 Å². The molecule has 2 amide bonds. The number of rotatable bonds is 26. The van der Waals surface area contributed by atoms with E-state index >= 15 is 0 Å². The van der Waals surface area contributed by atoms with Crippen LogP contribution >= 0.6 is 21.6 Å². The Balaban J connectivity index is 0.996. The van der Waals surface area contributed by atoms with Crippen molar-refractivity contribution in [2.24, 2.45) is 4.99 Å². The lowest BCUT2D eigenvalue weighted by molar-refractivity contribution is -0.116. The molecule has 4 aliphatic rings. The zero-order valence-electron chi connectivity index (χ0n) is 45.4. The normalized spacial score (nSPS) is 16.7. The van der Waals surface area contributed by atoms with Crippen LogP contribution in [0.25, 0.3) is 0 Å². The fourth-order valence-electron chi connectivity index (χ4n) is 10.5. The first-order valence-corrected chi connectivity index (χ1v) is 30.5. The van der Waals surface area contributed by atoms with Crippen LogP contribution in [0.15, 0.2) is 96.0 Å². The molecule has 0 fully saturated rings. The number of methoxy groups -OCH3 is 2. The number of Topliss-reactive ketones (excluding diaryl/α,β-unsaturated/α-hetero) is 1. The van der Waals surface area contributed by atoms with Gasteiger partial charge in [-0.1, -0.05) is 58.0 Å². The van der Waals surface area contributed by atoms with Gasteiger partial charge in [-0.05, 0) is 111 Å². The summed E-state index contributed by atoms with van der Waals surface area (Å²) >= 11 is 0. The summed E-state index contributed by atoms with van der Waals surface area (Å²) in [4.78, 5) is 51.6. The summed E-state index contributed by atoms with van der Waals surface area (Å²) in [6.07, 6.45) is 4.66. The predicted octanol–water partition coefficient (Wildman–Crippen LogP) is 9.48. The minimum absolute atomic E-state index is 0.0368. The number of amides is 2. The fourth-order valence-corrected chi connectivity index (χ4v) is 14.4. The van der Waals surface area contributed by atoms with Crippen LogP contribution in [0.1, 0.15) is 75.7 Å². The van der Waals surface area contributed by atoms with Gasteiger partial charge in [-0.3, -0.25) is 24.3 Å². The molecule has 0 bridgehead atoms. The van der Waals surface area contributed by atoms with Crippen LogP contribution in [0.2, 0.25) is 0 Å². The van der Waals surface area contributed by atoms with Crippen molar-refractivity contribution in [3.63, 3.8) is 0 Å². The van der Waals surface area contributed by atoms with Crippen molar-refractivity contribution in [1.82, 2.24) is 0 Å². The van der Waals surface area contributed by atoms with Gasteiger partial charge in [-0.15, -0.1) is 0 Å². The van der Waals surface area contributed by atoms with Crippen LogP contribution in [0, 0.1) is 6.92 Å². The number of anilines is 4. The van der Waals surface area contributed by atoms with Gasteiger partial charge in [-0.2, -0.15) is 0 Å². The molecule has 0 spiro atoms. The second-order valence-electron chi connectivity index (χ2n) is 20.7. The zero-order chi connectivity index (χ0) is 55.1. The molecule has 0 saturated heterocycles. The standard InChI is InChI=1S/C59H69N5O11S3/c1-38-24-47-49(60-33-45-28-42-12-8-10-14-51(42)63(45)57(47)66)31-53(38)74-35-40-25-41(36-75-55-32-50-48(30-54(55)71-6)58(67)64-46(34-61-50)29-43-13-9-11-15-52(43)64)27-44(26-40)62(17-18-72-21-22-73-20-19-70-5)37-59(3,4)77-76-23-16-56(39(2)65)78(7,68)69/h8-15,24-27,30-33,45-46,56,61H,16-23,28-29,34-37H2,1-7H3/t45-,46-,56?/m0/s1. The fraction of sp³-hybridized carbons (Fsp3) is 0.424. The Kier molecular flexibility index (Phi) is 18.1. The third-order valence-corrected chi connectivity index (χ3v) is 19.2. The van der Waals surface area contributed by atoms with E-state index in [1.165, 1.54) is 6.92 Å².